The third kappa shape index (κ3) is 12.1. The largest absolute Gasteiger partial charge is 0.494 e. The molecule has 2 N–H and O–H groups in total. The highest BCUT2D eigenvalue weighted by Gasteiger charge is 2.19. The summed E-state index contributed by atoms with van der Waals surface area (Å²) in [4.78, 5) is 12.8. The predicted octanol–water partition coefficient (Wildman–Crippen LogP) is 9.52. The zero-order valence-electron chi connectivity index (χ0n) is 25.6. The first kappa shape index (κ1) is 33.5. The van der Waals surface area contributed by atoms with Crippen molar-refractivity contribution in [3.8, 4) is 11.5 Å². The van der Waals surface area contributed by atoms with Crippen LogP contribution in [0.25, 0.3) is 0 Å². The van der Waals surface area contributed by atoms with Crippen LogP contribution in [0, 0.1) is 0 Å². The van der Waals surface area contributed by atoms with Gasteiger partial charge in [0.15, 0.2) is 0 Å². The molecule has 0 bridgehead atoms. The quantitative estimate of drug-likeness (QED) is 0.0955. The number of hydrogen-bond donors (Lipinski definition) is 2. The fourth-order valence-electron chi connectivity index (χ4n) is 5.00. The third-order valence-corrected chi connectivity index (χ3v) is 7.64. The van der Waals surface area contributed by atoms with Crippen molar-refractivity contribution in [1.29, 1.82) is 0 Å². The van der Waals surface area contributed by atoms with E-state index in [1.807, 2.05) is 24.3 Å². The molecular weight excluding hydrogens is 544 g/mol. The van der Waals surface area contributed by atoms with Crippen molar-refractivity contribution in [2.75, 3.05) is 24.4 Å². The Labute approximate surface area is 258 Å². The molecule has 5 nitrogen and oxygen atoms in total. The van der Waals surface area contributed by atoms with Crippen molar-refractivity contribution in [1.82, 2.24) is 0 Å². The maximum Gasteiger partial charge on any atom is 0.239 e. The van der Waals surface area contributed by atoms with Crippen LogP contribution in [-0.2, 0) is 4.79 Å². The van der Waals surface area contributed by atoms with Gasteiger partial charge in [0.25, 0.3) is 0 Å². The summed E-state index contributed by atoms with van der Waals surface area (Å²) in [7, 11) is 0. The molecule has 1 amide bonds. The normalized spacial score (nSPS) is 11.0. The van der Waals surface area contributed by atoms with Crippen LogP contribution in [0.1, 0.15) is 90.9 Å². The average molecular weight is 594 g/mol. The summed E-state index contributed by atoms with van der Waals surface area (Å²) in [6, 6.07) is 24.6. The lowest BCUT2D eigenvalue weighted by Gasteiger charge is -2.19. The topological polar surface area (TPSA) is 52.0 Å². The molecule has 3 aromatic carbocycles. The molecule has 0 heterocycles. The standard InChI is InChI=1S/C36H49ClN2O3/c1-3-5-7-9-11-13-27-41-34-23-19-32(20-24-34)39(31-17-15-30(16-18-31)38-36(40)29-37)33-21-25-35(26-22-33)42-28-14-12-10-8-6-4-2/h15-26H,3-14,27-29H2,1-2H3,(H,38,40)/p+1. The molecule has 0 atom stereocenters. The van der Waals surface area contributed by atoms with Gasteiger partial charge in [-0.05, 0) is 49.2 Å². The van der Waals surface area contributed by atoms with Crippen molar-refractivity contribution < 1.29 is 19.2 Å². The second-order valence-electron chi connectivity index (χ2n) is 10.9. The van der Waals surface area contributed by atoms with Gasteiger partial charge in [0.1, 0.15) is 34.4 Å². The predicted molar refractivity (Wildman–Crippen MR) is 176 cm³/mol. The number of nitrogens with one attached hydrogen (secondary N) is 2. The fourth-order valence-corrected chi connectivity index (χ4v) is 5.06. The maximum atomic E-state index is 11.7. The molecule has 0 radical (unpaired) electrons. The van der Waals surface area contributed by atoms with Gasteiger partial charge in [-0.1, -0.05) is 78.1 Å². The van der Waals surface area contributed by atoms with Crippen molar-refractivity contribution in [2.24, 2.45) is 0 Å². The number of rotatable bonds is 21. The second-order valence-corrected chi connectivity index (χ2v) is 11.2. The van der Waals surface area contributed by atoms with E-state index in [9.17, 15) is 4.79 Å². The number of carbonyl (C=O) groups excluding carboxylic acids is 1. The van der Waals surface area contributed by atoms with Gasteiger partial charge in [-0.25, -0.2) is 4.90 Å². The Balaban J connectivity index is 1.67. The van der Waals surface area contributed by atoms with E-state index in [-0.39, 0.29) is 11.8 Å². The van der Waals surface area contributed by atoms with Crippen LogP contribution in [-0.4, -0.2) is 25.0 Å². The van der Waals surface area contributed by atoms with Crippen molar-refractivity contribution in [3.05, 3.63) is 72.8 Å². The molecule has 6 heteroatoms. The summed E-state index contributed by atoms with van der Waals surface area (Å²) in [6.45, 7) is 5.98. The zero-order valence-corrected chi connectivity index (χ0v) is 26.4. The van der Waals surface area contributed by atoms with Gasteiger partial charge in [0.05, 0.1) is 13.2 Å². The molecule has 0 fully saturated rings. The third-order valence-electron chi connectivity index (χ3n) is 7.40. The molecule has 0 aliphatic rings. The molecule has 0 saturated heterocycles. The van der Waals surface area contributed by atoms with E-state index in [1.165, 1.54) is 64.2 Å². The molecule has 0 saturated carbocycles. The Hall–Kier alpha value is -3.02. The van der Waals surface area contributed by atoms with E-state index < -0.39 is 0 Å². The first-order valence-electron chi connectivity index (χ1n) is 15.9. The maximum absolute atomic E-state index is 11.7. The highest BCUT2D eigenvalue weighted by molar-refractivity contribution is 6.29. The van der Waals surface area contributed by atoms with Crippen LogP contribution in [0.3, 0.4) is 0 Å². The highest BCUT2D eigenvalue weighted by atomic mass is 35.5. The van der Waals surface area contributed by atoms with Gasteiger partial charge >= 0.3 is 0 Å². The molecule has 0 aliphatic heterocycles. The number of hydrogen-bond acceptors (Lipinski definition) is 3. The first-order valence-corrected chi connectivity index (χ1v) is 16.5. The zero-order chi connectivity index (χ0) is 29.8. The number of ether oxygens (including phenoxy) is 2. The van der Waals surface area contributed by atoms with Crippen LogP contribution in [0.5, 0.6) is 11.5 Å². The van der Waals surface area contributed by atoms with E-state index in [0.717, 1.165) is 65.2 Å². The number of amides is 1. The Morgan fingerprint density at radius 3 is 1.38 bits per heavy atom. The number of benzene rings is 3. The van der Waals surface area contributed by atoms with Crippen LogP contribution in [0.2, 0.25) is 0 Å². The Kier molecular flexibility index (Phi) is 15.9. The lowest BCUT2D eigenvalue weighted by Crippen LogP contribution is -2.96. The van der Waals surface area contributed by atoms with Crippen molar-refractivity contribution in [2.45, 2.75) is 90.9 Å². The molecule has 0 aliphatic carbocycles. The monoisotopic (exact) mass is 593 g/mol. The van der Waals surface area contributed by atoms with E-state index in [1.54, 1.807) is 0 Å². The van der Waals surface area contributed by atoms with Gasteiger partial charge in [0, 0.05) is 42.1 Å². The highest BCUT2D eigenvalue weighted by Crippen LogP contribution is 2.22. The molecule has 228 valence electrons. The SMILES string of the molecule is CCCCCCCCOc1ccc([NH+](c2ccc(NC(=O)CCl)cc2)c2ccc(OCCCCCCCC)cc2)cc1. The van der Waals surface area contributed by atoms with Crippen LogP contribution >= 0.6 is 11.6 Å². The van der Waals surface area contributed by atoms with Crippen molar-refractivity contribution >= 4 is 40.3 Å². The Morgan fingerprint density at radius 2 is 0.976 bits per heavy atom. The van der Waals surface area contributed by atoms with E-state index in [2.05, 4.69) is 67.7 Å². The van der Waals surface area contributed by atoms with Crippen molar-refractivity contribution in [3.63, 3.8) is 0 Å². The minimum atomic E-state index is -0.221. The summed E-state index contributed by atoms with van der Waals surface area (Å²) in [5.41, 5.74) is 3.97. The Bertz CT molecular complexity index is 1070. The van der Waals surface area contributed by atoms with Gasteiger partial charge in [0.2, 0.25) is 5.91 Å². The molecule has 42 heavy (non-hydrogen) atoms. The summed E-state index contributed by atoms with van der Waals surface area (Å²) < 4.78 is 12.1. The van der Waals surface area contributed by atoms with Crippen LogP contribution in [0.15, 0.2) is 72.8 Å². The van der Waals surface area contributed by atoms with E-state index >= 15 is 0 Å². The van der Waals surface area contributed by atoms with E-state index in [4.69, 9.17) is 21.1 Å². The number of halogens is 1. The van der Waals surface area contributed by atoms with Gasteiger partial charge in [-0.15, -0.1) is 11.6 Å². The molecule has 0 spiro atoms. The van der Waals surface area contributed by atoms with Crippen LogP contribution < -0.4 is 19.7 Å². The smallest absolute Gasteiger partial charge is 0.239 e. The number of unbranched alkanes of at least 4 members (excludes halogenated alkanes) is 10. The van der Waals surface area contributed by atoms with Gasteiger partial charge in [-0.2, -0.15) is 0 Å². The Morgan fingerprint density at radius 1 is 0.595 bits per heavy atom. The number of anilines is 1. The lowest BCUT2D eigenvalue weighted by molar-refractivity contribution is -0.681. The number of alkyl halides is 1. The summed E-state index contributed by atoms with van der Waals surface area (Å²) in [6.07, 6.45) is 15.0. The van der Waals surface area contributed by atoms with Gasteiger partial charge < -0.3 is 14.8 Å². The molecule has 3 rings (SSSR count). The van der Waals surface area contributed by atoms with Crippen LogP contribution in [0.4, 0.5) is 22.7 Å². The minimum Gasteiger partial charge on any atom is -0.494 e. The second kappa shape index (κ2) is 20.0. The molecule has 0 aromatic heterocycles. The van der Waals surface area contributed by atoms with E-state index in [0.29, 0.717) is 0 Å². The average Bonchev–Trinajstić information content (AvgIpc) is 3.02. The summed E-state index contributed by atoms with van der Waals surface area (Å²) >= 11 is 5.66. The minimum absolute atomic E-state index is 0.0698. The molecule has 3 aromatic rings. The van der Waals surface area contributed by atoms with Gasteiger partial charge in [-0.3, -0.25) is 4.79 Å². The summed E-state index contributed by atoms with van der Waals surface area (Å²) in [5.74, 6) is 1.50. The fraction of sp³-hybridized carbons (Fsp3) is 0.472. The molecular formula is C36H50ClN2O3+. The number of carbonyl (C=O) groups is 1. The summed E-state index contributed by atoms with van der Waals surface area (Å²) in [5, 5.41) is 2.82. The molecule has 0 unspecified atom stereocenters. The lowest BCUT2D eigenvalue weighted by atomic mass is 10.1. The number of quaternary nitrogens is 1. The first-order chi connectivity index (χ1) is 20.6.